The summed E-state index contributed by atoms with van der Waals surface area (Å²) < 4.78 is 40.8. The molecule has 0 saturated carbocycles. The number of aliphatic hydroxyl groups is 2. The summed E-state index contributed by atoms with van der Waals surface area (Å²) in [6, 6.07) is 8.50. The molecule has 6 nitrogen and oxygen atoms in total. The fourth-order valence-electron chi connectivity index (χ4n) is 2.72. The van der Waals surface area contributed by atoms with Crippen molar-refractivity contribution in [2.75, 3.05) is 0 Å². The molecule has 1 aromatic heterocycles. The smallest absolute Gasteiger partial charge is 0.388 e. The summed E-state index contributed by atoms with van der Waals surface area (Å²) in [4.78, 5) is 13.0. The largest absolute Gasteiger partial charge is 0.416 e. The lowest BCUT2D eigenvalue weighted by Gasteiger charge is -2.16. The summed E-state index contributed by atoms with van der Waals surface area (Å²) >= 11 is 6.04. The van der Waals surface area contributed by atoms with Crippen molar-refractivity contribution in [2.24, 2.45) is 0 Å². The van der Waals surface area contributed by atoms with E-state index in [9.17, 15) is 28.2 Å². The van der Waals surface area contributed by atoms with Crippen LogP contribution in [0.5, 0.6) is 0 Å². The molecule has 0 amide bonds. The average Bonchev–Trinajstić information content (AvgIpc) is 3.09. The second-order valence-corrected chi connectivity index (χ2v) is 6.13. The zero-order valence-electron chi connectivity index (χ0n) is 14.1. The Morgan fingerprint density at radius 2 is 1.61 bits per heavy atom. The van der Waals surface area contributed by atoms with Gasteiger partial charge < -0.3 is 10.2 Å². The van der Waals surface area contributed by atoms with Crippen LogP contribution in [0.25, 0.3) is 5.69 Å². The molecule has 0 saturated heterocycles. The van der Waals surface area contributed by atoms with Crippen LogP contribution in [0.4, 0.5) is 13.2 Å². The first-order valence-electron chi connectivity index (χ1n) is 7.93. The lowest BCUT2D eigenvalue weighted by molar-refractivity contribution is -0.137. The van der Waals surface area contributed by atoms with Gasteiger partial charge in [0.1, 0.15) is 13.2 Å². The van der Waals surface area contributed by atoms with Crippen LogP contribution in [0.3, 0.4) is 0 Å². The molecule has 10 heteroatoms. The van der Waals surface area contributed by atoms with E-state index in [1.54, 1.807) is 6.07 Å². The first kappa shape index (κ1) is 20.0. The van der Waals surface area contributed by atoms with Crippen LogP contribution in [0.1, 0.15) is 33.1 Å². The van der Waals surface area contributed by atoms with Crippen molar-refractivity contribution < 1.29 is 28.2 Å². The van der Waals surface area contributed by atoms with Crippen molar-refractivity contribution in [1.82, 2.24) is 14.8 Å². The van der Waals surface area contributed by atoms with Gasteiger partial charge in [0, 0.05) is 11.1 Å². The molecule has 0 atom stereocenters. The lowest BCUT2D eigenvalue weighted by Crippen LogP contribution is -2.15. The predicted octanol–water partition coefficient (Wildman–Crippen LogP) is 3.16. The Hall–Kier alpha value is -2.75. The van der Waals surface area contributed by atoms with E-state index >= 15 is 0 Å². The SMILES string of the molecule is O=C(c1ccccc1Cl)c1cc(C(F)(F)F)ccc1-n1c(CO)nnc1CO. The zero-order chi connectivity index (χ0) is 20.5. The Morgan fingerprint density at radius 3 is 2.14 bits per heavy atom. The highest BCUT2D eigenvalue weighted by Gasteiger charge is 2.33. The van der Waals surface area contributed by atoms with E-state index in [1.807, 2.05) is 0 Å². The van der Waals surface area contributed by atoms with E-state index < -0.39 is 30.7 Å². The van der Waals surface area contributed by atoms with Crippen LogP contribution in [0, 0.1) is 0 Å². The molecule has 0 bridgehead atoms. The van der Waals surface area contributed by atoms with Gasteiger partial charge in [0.25, 0.3) is 0 Å². The summed E-state index contributed by atoms with van der Waals surface area (Å²) in [5, 5.41) is 26.4. The van der Waals surface area contributed by atoms with Gasteiger partial charge >= 0.3 is 6.18 Å². The first-order chi connectivity index (χ1) is 13.3. The van der Waals surface area contributed by atoms with Crippen LogP contribution < -0.4 is 0 Å². The molecule has 1 heterocycles. The molecule has 3 rings (SSSR count). The van der Waals surface area contributed by atoms with Crippen LogP contribution in [-0.2, 0) is 19.4 Å². The molecule has 0 aliphatic carbocycles. The molecular weight excluding hydrogens is 399 g/mol. The van der Waals surface area contributed by atoms with Crippen molar-refractivity contribution in [3.8, 4) is 5.69 Å². The highest BCUT2D eigenvalue weighted by atomic mass is 35.5. The standard InChI is InChI=1S/C18H13ClF3N3O3/c19-13-4-2-1-3-11(13)17(28)12-7-10(18(20,21)22)5-6-14(12)25-15(8-26)23-24-16(25)9-27/h1-7,26-27H,8-9H2. The Bertz CT molecular complexity index is 1010. The van der Waals surface area contributed by atoms with E-state index in [-0.39, 0.29) is 33.5 Å². The monoisotopic (exact) mass is 411 g/mol. The minimum atomic E-state index is -4.68. The number of hydrogen-bond acceptors (Lipinski definition) is 5. The van der Waals surface area contributed by atoms with Gasteiger partial charge in [-0.05, 0) is 30.3 Å². The number of ketones is 1. The second kappa shape index (κ2) is 7.70. The number of alkyl halides is 3. The van der Waals surface area contributed by atoms with Crippen molar-refractivity contribution in [3.63, 3.8) is 0 Å². The highest BCUT2D eigenvalue weighted by molar-refractivity contribution is 6.35. The number of rotatable bonds is 5. The molecule has 146 valence electrons. The van der Waals surface area contributed by atoms with Gasteiger partial charge in [-0.15, -0.1) is 10.2 Å². The number of halogens is 4. The third kappa shape index (κ3) is 3.64. The van der Waals surface area contributed by atoms with Gasteiger partial charge in [0.2, 0.25) is 0 Å². The number of aromatic nitrogens is 3. The summed E-state index contributed by atoms with van der Waals surface area (Å²) in [5.41, 5.74) is -1.37. The van der Waals surface area contributed by atoms with E-state index in [2.05, 4.69) is 10.2 Å². The Kier molecular flexibility index (Phi) is 5.50. The predicted molar refractivity (Wildman–Crippen MR) is 93.1 cm³/mol. The van der Waals surface area contributed by atoms with Gasteiger partial charge in [-0.1, -0.05) is 23.7 Å². The third-order valence-electron chi connectivity index (χ3n) is 4.01. The molecule has 0 aliphatic heterocycles. The van der Waals surface area contributed by atoms with Crippen molar-refractivity contribution >= 4 is 17.4 Å². The number of nitrogens with zero attached hydrogens (tertiary/aromatic N) is 3. The number of aliphatic hydroxyl groups excluding tert-OH is 2. The molecule has 2 N–H and O–H groups in total. The van der Waals surface area contributed by atoms with Crippen LogP contribution >= 0.6 is 11.6 Å². The minimum Gasteiger partial charge on any atom is -0.388 e. The molecule has 0 radical (unpaired) electrons. The molecule has 28 heavy (non-hydrogen) atoms. The van der Waals surface area contributed by atoms with Crippen LogP contribution in [0.2, 0.25) is 5.02 Å². The molecule has 0 aliphatic rings. The summed E-state index contributed by atoms with van der Waals surface area (Å²) in [7, 11) is 0. The van der Waals surface area contributed by atoms with Gasteiger partial charge in [0.15, 0.2) is 17.4 Å². The molecule has 3 aromatic rings. The average molecular weight is 412 g/mol. The fraction of sp³-hybridized carbons (Fsp3) is 0.167. The Labute approximate surface area is 161 Å². The minimum absolute atomic E-state index is 0.00825. The summed E-state index contributed by atoms with van der Waals surface area (Å²) in [6.07, 6.45) is -4.68. The number of carbonyl (C=O) groups excluding carboxylic acids is 1. The van der Waals surface area contributed by atoms with Gasteiger partial charge in [-0.25, -0.2) is 0 Å². The van der Waals surface area contributed by atoms with Gasteiger partial charge in [-0.3, -0.25) is 9.36 Å². The maximum atomic E-state index is 13.2. The van der Waals surface area contributed by atoms with E-state index in [1.165, 1.54) is 18.2 Å². The van der Waals surface area contributed by atoms with Crippen molar-refractivity contribution in [2.45, 2.75) is 19.4 Å². The van der Waals surface area contributed by atoms with E-state index in [0.717, 1.165) is 16.7 Å². The molecule has 0 fully saturated rings. The number of benzene rings is 2. The molecular formula is C18H13ClF3N3O3. The zero-order valence-corrected chi connectivity index (χ0v) is 14.9. The van der Waals surface area contributed by atoms with E-state index in [0.29, 0.717) is 6.07 Å². The molecule has 0 unspecified atom stereocenters. The van der Waals surface area contributed by atoms with E-state index in [4.69, 9.17) is 11.6 Å². The van der Waals surface area contributed by atoms with Gasteiger partial charge in [0.05, 0.1) is 16.3 Å². The van der Waals surface area contributed by atoms with Crippen molar-refractivity contribution in [3.05, 3.63) is 75.8 Å². The molecule has 0 spiro atoms. The van der Waals surface area contributed by atoms with Crippen LogP contribution in [0.15, 0.2) is 42.5 Å². The fourth-order valence-corrected chi connectivity index (χ4v) is 2.94. The summed E-state index contributed by atoms with van der Waals surface area (Å²) in [6.45, 7) is -1.21. The molecule has 2 aromatic carbocycles. The quantitative estimate of drug-likeness (QED) is 0.630. The maximum Gasteiger partial charge on any atom is 0.416 e. The van der Waals surface area contributed by atoms with Gasteiger partial charge in [-0.2, -0.15) is 13.2 Å². The Morgan fingerprint density at radius 1 is 1.00 bits per heavy atom. The lowest BCUT2D eigenvalue weighted by atomic mass is 9.98. The van der Waals surface area contributed by atoms with Crippen LogP contribution in [-0.4, -0.2) is 30.8 Å². The maximum absolute atomic E-state index is 13.2. The normalized spacial score (nSPS) is 11.6. The first-order valence-corrected chi connectivity index (χ1v) is 8.31. The Balaban J connectivity index is 2.29. The topological polar surface area (TPSA) is 88.2 Å². The highest BCUT2D eigenvalue weighted by Crippen LogP contribution is 2.33. The number of carbonyl (C=O) groups is 1. The van der Waals surface area contributed by atoms with Crippen molar-refractivity contribution in [1.29, 1.82) is 0 Å². The summed E-state index contributed by atoms with van der Waals surface area (Å²) in [5.74, 6) is -0.845. The number of hydrogen-bond donors (Lipinski definition) is 2. The second-order valence-electron chi connectivity index (χ2n) is 5.72. The third-order valence-corrected chi connectivity index (χ3v) is 4.34.